The molecule has 0 bridgehead atoms. The molecule has 2 aromatic carbocycles. The Balaban J connectivity index is 2.12. The number of aromatic hydroxyl groups is 1. The molecule has 14 heteroatoms. The van der Waals surface area contributed by atoms with Crippen molar-refractivity contribution < 1.29 is 36.6 Å². The van der Waals surface area contributed by atoms with Crippen molar-refractivity contribution in [3.8, 4) is 5.75 Å². The minimum Gasteiger partial charge on any atom is -0.507 e. The second-order valence-electron chi connectivity index (χ2n) is 6.79. The van der Waals surface area contributed by atoms with Gasteiger partial charge in [-0.3, -0.25) is 0 Å². The van der Waals surface area contributed by atoms with Crippen LogP contribution in [0, 0.1) is 0 Å². The molecule has 0 amide bonds. The molecular formula is C19H20Cl2F3N3O5S. The van der Waals surface area contributed by atoms with Crippen LogP contribution in [0.1, 0.15) is 29.3 Å². The zero-order chi connectivity index (χ0) is 25.0. The zero-order valence-corrected chi connectivity index (χ0v) is 19.4. The van der Waals surface area contributed by atoms with Crippen molar-refractivity contribution in [3.63, 3.8) is 0 Å². The van der Waals surface area contributed by atoms with E-state index in [0.717, 1.165) is 30.3 Å². The summed E-state index contributed by atoms with van der Waals surface area (Å²) in [6, 6.07) is 4.30. The number of carbonyl (C=O) groups is 1. The SMILES string of the molecule is CCCN(CCNNS(=O)(=O)c1ccc(O)c(C(=O)O)c1)c1c(Cl)cc(C(F)(F)F)cc1Cl. The fourth-order valence-electron chi connectivity index (χ4n) is 2.89. The maximum atomic E-state index is 13.0. The standard InChI is InChI=1S/C19H20Cl2F3N3O5S/c1-2-6-27(17-14(20)8-11(9-15(17)21)19(22,23)24)7-5-25-26-33(31,32)12-3-4-16(28)13(10-12)18(29)30/h3-4,8-10,25-26,28H,2,5-7H2,1H3,(H,29,30). The molecule has 0 aromatic heterocycles. The van der Waals surface area contributed by atoms with Crippen LogP contribution >= 0.6 is 23.2 Å². The van der Waals surface area contributed by atoms with Crippen molar-refractivity contribution in [3.05, 3.63) is 51.5 Å². The van der Waals surface area contributed by atoms with E-state index >= 15 is 0 Å². The minimum absolute atomic E-state index is 0.00319. The number of benzene rings is 2. The first-order chi connectivity index (χ1) is 15.3. The van der Waals surface area contributed by atoms with E-state index in [1.807, 2.05) is 6.92 Å². The summed E-state index contributed by atoms with van der Waals surface area (Å²) in [6.07, 6.45) is -4.01. The highest BCUT2D eigenvalue weighted by Gasteiger charge is 2.32. The number of carboxylic acids is 1. The summed E-state index contributed by atoms with van der Waals surface area (Å²) in [4.78, 5) is 14.4. The van der Waals surface area contributed by atoms with Crippen LogP contribution < -0.4 is 15.2 Å². The second-order valence-corrected chi connectivity index (χ2v) is 9.29. The van der Waals surface area contributed by atoms with Crippen LogP contribution in [-0.4, -0.2) is 44.2 Å². The number of aromatic carboxylic acids is 1. The van der Waals surface area contributed by atoms with Gasteiger partial charge in [0, 0.05) is 19.6 Å². The van der Waals surface area contributed by atoms with Crippen LogP contribution in [0.2, 0.25) is 10.0 Å². The molecule has 4 N–H and O–H groups in total. The van der Waals surface area contributed by atoms with E-state index in [1.165, 1.54) is 0 Å². The molecule has 0 saturated heterocycles. The Morgan fingerprint density at radius 3 is 2.24 bits per heavy atom. The van der Waals surface area contributed by atoms with E-state index in [2.05, 4.69) is 10.3 Å². The summed E-state index contributed by atoms with van der Waals surface area (Å²) in [7, 11) is -4.18. The van der Waals surface area contributed by atoms with Gasteiger partial charge in [0.2, 0.25) is 0 Å². The van der Waals surface area contributed by atoms with E-state index in [1.54, 1.807) is 4.90 Å². The number of rotatable bonds is 10. The zero-order valence-electron chi connectivity index (χ0n) is 17.1. The van der Waals surface area contributed by atoms with Crippen molar-refractivity contribution in [2.24, 2.45) is 0 Å². The van der Waals surface area contributed by atoms with Gasteiger partial charge in [0.05, 0.1) is 26.2 Å². The third-order valence-corrected chi connectivity index (χ3v) is 6.24. The van der Waals surface area contributed by atoms with Crippen LogP contribution in [0.4, 0.5) is 18.9 Å². The van der Waals surface area contributed by atoms with E-state index in [0.29, 0.717) is 13.0 Å². The third-order valence-electron chi connectivity index (χ3n) is 4.38. The molecule has 0 radical (unpaired) electrons. The van der Waals surface area contributed by atoms with Crippen LogP contribution in [0.25, 0.3) is 0 Å². The molecule has 2 rings (SSSR count). The van der Waals surface area contributed by atoms with Gasteiger partial charge in [0.1, 0.15) is 11.3 Å². The highest BCUT2D eigenvalue weighted by Crippen LogP contribution is 2.40. The summed E-state index contributed by atoms with van der Waals surface area (Å²) < 4.78 is 63.7. The molecule has 2 aromatic rings. The smallest absolute Gasteiger partial charge is 0.416 e. The van der Waals surface area contributed by atoms with Crippen LogP contribution in [0.15, 0.2) is 35.2 Å². The van der Waals surface area contributed by atoms with Gasteiger partial charge >= 0.3 is 12.1 Å². The van der Waals surface area contributed by atoms with Gasteiger partial charge in [-0.05, 0) is 36.8 Å². The molecule has 0 spiro atoms. The van der Waals surface area contributed by atoms with Crippen molar-refractivity contribution in [1.82, 2.24) is 10.3 Å². The second kappa shape index (κ2) is 10.8. The Labute approximate surface area is 197 Å². The first-order valence-corrected chi connectivity index (χ1v) is 11.6. The van der Waals surface area contributed by atoms with Crippen LogP contribution in [0.3, 0.4) is 0 Å². The largest absolute Gasteiger partial charge is 0.507 e. The Morgan fingerprint density at radius 1 is 1.12 bits per heavy atom. The molecule has 0 unspecified atom stereocenters. The lowest BCUT2D eigenvalue weighted by molar-refractivity contribution is -0.137. The number of hydrazine groups is 1. The first kappa shape index (κ1) is 27.0. The van der Waals surface area contributed by atoms with Crippen LogP contribution in [-0.2, 0) is 16.2 Å². The fraction of sp³-hybridized carbons (Fsp3) is 0.316. The molecule has 0 atom stereocenters. The number of phenols is 1. The molecule has 0 saturated carbocycles. The van der Waals surface area contributed by atoms with Crippen LogP contribution in [0.5, 0.6) is 5.75 Å². The topological polar surface area (TPSA) is 119 Å². The van der Waals surface area contributed by atoms with Gasteiger partial charge in [-0.25, -0.2) is 18.6 Å². The number of hydrogen-bond donors (Lipinski definition) is 4. The average Bonchev–Trinajstić information content (AvgIpc) is 2.69. The van der Waals surface area contributed by atoms with E-state index in [9.17, 15) is 31.5 Å². The molecule has 33 heavy (non-hydrogen) atoms. The van der Waals surface area contributed by atoms with Gasteiger partial charge < -0.3 is 15.1 Å². The molecule has 8 nitrogen and oxygen atoms in total. The quantitative estimate of drug-likeness (QED) is 0.270. The summed E-state index contributed by atoms with van der Waals surface area (Å²) in [5.41, 5.74) is 1.08. The monoisotopic (exact) mass is 529 g/mol. The van der Waals surface area contributed by atoms with Gasteiger partial charge in [0.25, 0.3) is 10.0 Å². The number of carboxylic acid groups (broad SMARTS) is 1. The third kappa shape index (κ3) is 6.87. The van der Waals surface area contributed by atoms with Crippen molar-refractivity contribution in [1.29, 1.82) is 0 Å². The lowest BCUT2D eigenvalue weighted by Crippen LogP contribution is -2.42. The number of alkyl halides is 3. The lowest BCUT2D eigenvalue weighted by Gasteiger charge is -2.27. The maximum Gasteiger partial charge on any atom is 0.416 e. The van der Waals surface area contributed by atoms with E-state index < -0.39 is 43.9 Å². The summed E-state index contributed by atoms with van der Waals surface area (Å²) in [5.74, 6) is -2.09. The molecule has 0 fully saturated rings. The number of sulfonamides is 1. The van der Waals surface area contributed by atoms with E-state index in [4.69, 9.17) is 28.3 Å². The molecule has 0 aliphatic heterocycles. The summed E-state index contributed by atoms with van der Waals surface area (Å²) in [6.45, 7) is 2.33. The maximum absolute atomic E-state index is 13.0. The normalized spacial score (nSPS) is 12.1. The van der Waals surface area contributed by atoms with Gasteiger partial charge in [-0.15, -0.1) is 4.83 Å². The number of nitrogens with one attached hydrogen (secondary N) is 2. The number of halogens is 5. The Bertz CT molecular complexity index is 1110. The first-order valence-electron chi connectivity index (χ1n) is 9.40. The molecule has 0 aliphatic carbocycles. The number of nitrogens with zero attached hydrogens (tertiary/aromatic N) is 1. The number of anilines is 1. The average molecular weight is 530 g/mol. The van der Waals surface area contributed by atoms with Crippen molar-refractivity contribution in [2.45, 2.75) is 24.4 Å². The Kier molecular flexibility index (Phi) is 8.82. The summed E-state index contributed by atoms with van der Waals surface area (Å²) >= 11 is 12.1. The predicted molar refractivity (Wildman–Crippen MR) is 117 cm³/mol. The fourth-order valence-corrected chi connectivity index (χ4v) is 4.54. The molecular weight excluding hydrogens is 510 g/mol. The minimum atomic E-state index is -4.62. The van der Waals surface area contributed by atoms with Gasteiger partial charge in [-0.1, -0.05) is 30.1 Å². The lowest BCUT2D eigenvalue weighted by atomic mass is 10.1. The predicted octanol–water partition coefficient (Wildman–Crippen LogP) is 4.12. The van der Waals surface area contributed by atoms with Crippen molar-refractivity contribution >= 4 is 44.9 Å². The Morgan fingerprint density at radius 2 is 1.73 bits per heavy atom. The van der Waals surface area contributed by atoms with Gasteiger partial charge in [-0.2, -0.15) is 13.2 Å². The highest BCUT2D eigenvalue weighted by molar-refractivity contribution is 7.89. The Hall–Kier alpha value is -2.25. The summed E-state index contributed by atoms with van der Waals surface area (Å²) in [5, 5.41) is 18.1. The van der Waals surface area contributed by atoms with E-state index in [-0.39, 0.29) is 28.8 Å². The number of hydrogen-bond acceptors (Lipinski definition) is 6. The highest BCUT2D eigenvalue weighted by atomic mass is 35.5. The molecule has 0 aliphatic rings. The van der Waals surface area contributed by atoms with Gasteiger partial charge in [0.15, 0.2) is 0 Å². The molecule has 182 valence electrons. The molecule has 0 heterocycles. The van der Waals surface area contributed by atoms with Crippen molar-refractivity contribution in [2.75, 3.05) is 24.5 Å².